The van der Waals surface area contributed by atoms with E-state index in [1.807, 2.05) is 26.0 Å². The van der Waals surface area contributed by atoms with E-state index in [-0.39, 0.29) is 18.0 Å². The fourth-order valence-electron chi connectivity index (χ4n) is 3.64. The maximum absolute atomic E-state index is 12.9. The van der Waals surface area contributed by atoms with E-state index in [9.17, 15) is 27.6 Å². The Labute approximate surface area is 208 Å². The number of halogens is 3. The molecule has 0 aromatic heterocycles. The highest BCUT2D eigenvalue weighted by Gasteiger charge is 2.31. The highest BCUT2D eigenvalue weighted by atomic mass is 19.4. The van der Waals surface area contributed by atoms with Gasteiger partial charge in [0.2, 0.25) is 11.8 Å². The molecular formula is C26H31F3N4O3. The third kappa shape index (κ3) is 8.37. The molecule has 0 radical (unpaired) electrons. The predicted molar refractivity (Wildman–Crippen MR) is 129 cm³/mol. The van der Waals surface area contributed by atoms with Crippen molar-refractivity contribution in [2.75, 3.05) is 19.6 Å². The van der Waals surface area contributed by atoms with Crippen LogP contribution < -0.4 is 21.3 Å². The zero-order chi connectivity index (χ0) is 26.3. The Balaban J connectivity index is 1.55. The van der Waals surface area contributed by atoms with Gasteiger partial charge in [0.25, 0.3) is 5.91 Å². The number of hydrogen-bond acceptors (Lipinski definition) is 4. The summed E-state index contributed by atoms with van der Waals surface area (Å²) < 4.78 is 38.7. The first-order valence-electron chi connectivity index (χ1n) is 11.8. The molecule has 1 unspecified atom stereocenters. The first-order chi connectivity index (χ1) is 17.0. The van der Waals surface area contributed by atoms with Crippen molar-refractivity contribution in [2.45, 2.75) is 45.5 Å². The lowest BCUT2D eigenvalue weighted by molar-refractivity contribution is -0.137. The molecule has 0 bridgehead atoms. The molecule has 4 N–H and O–H groups in total. The third-order valence-electron chi connectivity index (χ3n) is 5.94. The number of alkyl halides is 3. The van der Waals surface area contributed by atoms with Crippen molar-refractivity contribution in [3.63, 3.8) is 0 Å². The Morgan fingerprint density at radius 2 is 1.78 bits per heavy atom. The smallest absolute Gasteiger partial charge is 0.354 e. The van der Waals surface area contributed by atoms with Crippen molar-refractivity contribution in [3.05, 3.63) is 70.3 Å². The average molecular weight is 505 g/mol. The van der Waals surface area contributed by atoms with E-state index in [2.05, 4.69) is 27.3 Å². The van der Waals surface area contributed by atoms with Gasteiger partial charge in [0.05, 0.1) is 12.1 Å². The van der Waals surface area contributed by atoms with Crippen molar-refractivity contribution in [3.8, 4) is 0 Å². The van der Waals surface area contributed by atoms with Crippen LogP contribution in [-0.4, -0.2) is 43.4 Å². The lowest BCUT2D eigenvalue weighted by Gasteiger charge is -2.20. The number of hydrogen-bond donors (Lipinski definition) is 4. The molecule has 10 heteroatoms. The van der Waals surface area contributed by atoms with E-state index in [1.54, 1.807) is 0 Å². The van der Waals surface area contributed by atoms with E-state index < -0.39 is 36.1 Å². The molecule has 1 saturated carbocycles. The van der Waals surface area contributed by atoms with Crippen LogP contribution in [0.3, 0.4) is 0 Å². The second-order valence-electron chi connectivity index (χ2n) is 9.13. The molecule has 3 amide bonds. The third-order valence-corrected chi connectivity index (χ3v) is 5.94. The average Bonchev–Trinajstić information content (AvgIpc) is 3.66. The van der Waals surface area contributed by atoms with Crippen molar-refractivity contribution in [1.29, 1.82) is 0 Å². The second-order valence-corrected chi connectivity index (χ2v) is 9.13. The Morgan fingerprint density at radius 3 is 2.44 bits per heavy atom. The summed E-state index contributed by atoms with van der Waals surface area (Å²) in [6.45, 7) is 4.72. The standard InChI is InChI=1S/C26H31F3N4O3/c1-16-6-9-20(17(2)10-16)13-30-14-22(25(36)31-12-18-7-8-18)33-23(34)15-32-24(35)19-4-3-5-21(11-19)26(27,28)29/h3-6,9-11,18,22,30H,7-8,12-15H2,1-2H3,(H,31,36)(H,32,35)(H,33,34). The summed E-state index contributed by atoms with van der Waals surface area (Å²) in [7, 11) is 0. The lowest BCUT2D eigenvalue weighted by atomic mass is 10.1. The number of rotatable bonds is 11. The number of carbonyl (C=O) groups is 3. The minimum absolute atomic E-state index is 0.164. The molecule has 2 aromatic carbocycles. The lowest BCUT2D eigenvalue weighted by Crippen LogP contribution is -2.53. The molecule has 1 aliphatic carbocycles. The van der Waals surface area contributed by atoms with Crippen molar-refractivity contribution < 1.29 is 27.6 Å². The van der Waals surface area contributed by atoms with Gasteiger partial charge in [-0.3, -0.25) is 14.4 Å². The summed E-state index contributed by atoms with van der Waals surface area (Å²) in [5.74, 6) is -1.33. The highest BCUT2D eigenvalue weighted by Crippen LogP contribution is 2.29. The Bertz CT molecular complexity index is 1100. The van der Waals surface area contributed by atoms with Crippen molar-refractivity contribution >= 4 is 17.7 Å². The molecule has 194 valence electrons. The second kappa shape index (κ2) is 12.0. The predicted octanol–water partition coefficient (Wildman–Crippen LogP) is 2.85. The Morgan fingerprint density at radius 1 is 1.03 bits per heavy atom. The van der Waals surface area contributed by atoms with Gasteiger partial charge in [-0.15, -0.1) is 0 Å². The summed E-state index contributed by atoms with van der Waals surface area (Å²) in [6, 6.07) is 9.12. The van der Waals surface area contributed by atoms with Gasteiger partial charge in [0.15, 0.2) is 0 Å². The fourth-order valence-corrected chi connectivity index (χ4v) is 3.64. The summed E-state index contributed by atoms with van der Waals surface area (Å²) in [6.07, 6.45) is -2.47. The monoisotopic (exact) mass is 504 g/mol. The number of aryl methyl sites for hydroxylation is 2. The minimum Gasteiger partial charge on any atom is -0.354 e. The molecule has 2 aromatic rings. The molecular weight excluding hydrogens is 473 g/mol. The summed E-state index contributed by atoms with van der Waals surface area (Å²) in [5, 5.41) is 10.9. The van der Waals surface area contributed by atoms with Crippen LogP contribution in [0.2, 0.25) is 0 Å². The van der Waals surface area contributed by atoms with Crippen LogP contribution in [0.25, 0.3) is 0 Å². The zero-order valence-electron chi connectivity index (χ0n) is 20.3. The van der Waals surface area contributed by atoms with E-state index >= 15 is 0 Å². The van der Waals surface area contributed by atoms with Gasteiger partial charge in [-0.2, -0.15) is 13.2 Å². The molecule has 0 aliphatic heterocycles. The van der Waals surface area contributed by atoms with Crippen LogP contribution in [0.5, 0.6) is 0 Å². The van der Waals surface area contributed by atoms with Crippen LogP contribution in [0.4, 0.5) is 13.2 Å². The number of amides is 3. The van der Waals surface area contributed by atoms with Crippen LogP contribution in [0.1, 0.15) is 45.5 Å². The van der Waals surface area contributed by atoms with Gasteiger partial charge in [-0.05, 0) is 61.9 Å². The Kier molecular flexibility index (Phi) is 9.08. The molecule has 7 nitrogen and oxygen atoms in total. The van der Waals surface area contributed by atoms with Crippen LogP contribution in [0.15, 0.2) is 42.5 Å². The first kappa shape index (κ1) is 27.2. The summed E-state index contributed by atoms with van der Waals surface area (Å²) in [5.41, 5.74) is 2.15. The van der Waals surface area contributed by atoms with Gasteiger partial charge in [0.1, 0.15) is 6.04 Å². The maximum atomic E-state index is 12.9. The fraction of sp³-hybridized carbons (Fsp3) is 0.423. The van der Waals surface area contributed by atoms with Gasteiger partial charge in [0, 0.05) is 25.2 Å². The van der Waals surface area contributed by atoms with Gasteiger partial charge in [-0.25, -0.2) is 0 Å². The summed E-state index contributed by atoms with van der Waals surface area (Å²) >= 11 is 0. The molecule has 1 atom stereocenters. The maximum Gasteiger partial charge on any atom is 0.416 e. The quantitative estimate of drug-likeness (QED) is 0.378. The molecule has 36 heavy (non-hydrogen) atoms. The molecule has 0 heterocycles. The number of nitrogens with one attached hydrogen (secondary N) is 4. The zero-order valence-corrected chi connectivity index (χ0v) is 20.3. The normalized spacial score (nSPS) is 14.1. The van der Waals surface area contributed by atoms with Gasteiger partial charge >= 0.3 is 6.18 Å². The van der Waals surface area contributed by atoms with Crippen molar-refractivity contribution in [2.24, 2.45) is 5.92 Å². The van der Waals surface area contributed by atoms with Crippen LogP contribution in [-0.2, 0) is 22.3 Å². The molecule has 0 spiro atoms. The number of carbonyl (C=O) groups excluding carboxylic acids is 3. The number of benzene rings is 2. The minimum atomic E-state index is -4.58. The van der Waals surface area contributed by atoms with Crippen molar-refractivity contribution in [1.82, 2.24) is 21.3 Å². The SMILES string of the molecule is Cc1ccc(CNCC(NC(=O)CNC(=O)c2cccc(C(F)(F)F)c2)C(=O)NCC2CC2)c(C)c1. The molecule has 1 aliphatic rings. The van der Waals surface area contributed by atoms with Crippen LogP contribution >= 0.6 is 0 Å². The van der Waals surface area contributed by atoms with Crippen LogP contribution in [0, 0.1) is 19.8 Å². The van der Waals surface area contributed by atoms with E-state index in [4.69, 9.17) is 0 Å². The van der Waals surface area contributed by atoms with E-state index in [0.717, 1.165) is 47.7 Å². The summed E-state index contributed by atoms with van der Waals surface area (Å²) in [4.78, 5) is 37.4. The van der Waals surface area contributed by atoms with E-state index in [0.29, 0.717) is 19.0 Å². The molecule has 0 saturated heterocycles. The molecule has 3 rings (SSSR count). The largest absolute Gasteiger partial charge is 0.416 e. The first-order valence-corrected chi connectivity index (χ1v) is 11.8. The molecule has 1 fully saturated rings. The van der Waals surface area contributed by atoms with E-state index in [1.165, 1.54) is 6.07 Å². The van der Waals surface area contributed by atoms with Gasteiger partial charge < -0.3 is 21.3 Å². The highest BCUT2D eigenvalue weighted by molar-refractivity contribution is 5.97. The Hall–Kier alpha value is -3.40. The topological polar surface area (TPSA) is 99.3 Å². The van der Waals surface area contributed by atoms with Gasteiger partial charge in [-0.1, -0.05) is 29.8 Å².